The molecule has 0 saturated carbocycles. The summed E-state index contributed by atoms with van der Waals surface area (Å²) in [6.07, 6.45) is 0. The van der Waals surface area contributed by atoms with Crippen LogP contribution in [0.1, 0.15) is 40.2 Å². The summed E-state index contributed by atoms with van der Waals surface area (Å²) < 4.78 is 0. The number of nitrogens with zero attached hydrogens (tertiary/aromatic N) is 1. The smallest absolute Gasteiger partial charge is 0.144 e. The maximum absolute atomic E-state index is 10.8. The average Bonchev–Trinajstić information content (AvgIpc) is 2.32. The van der Waals surface area contributed by atoms with Gasteiger partial charge in [-0.2, -0.15) is 0 Å². The minimum Gasteiger partial charge on any atom is -0.370 e. The highest BCUT2D eigenvalue weighted by molar-refractivity contribution is 5.65. The van der Waals surface area contributed by atoms with Crippen molar-refractivity contribution < 1.29 is 5.11 Å². The minimum atomic E-state index is -0.829. The van der Waals surface area contributed by atoms with Crippen molar-refractivity contribution in [2.45, 2.75) is 51.8 Å². The van der Waals surface area contributed by atoms with Crippen LogP contribution in [-0.2, 0) is 5.41 Å². The number of benzene rings is 1. The molecule has 0 bridgehead atoms. The Balaban J connectivity index is 2.66. The predicted octanol–water partition coefficient (Wildman–Crippen LogP) is 2.90. The molecule has 2 heteroatoms. The van der Waals surface area contributed by atoms with Crippen LogP contribution in [0.4, 0.5) is 5.69 Å². The molecule has 1 aromatic carbocycles. The summed E-state index contributed by atoms with van der Waals surface area (Å²) in [5, 5.41) is 10.8. The lowest BCUT2D eigenvalue weighted by Crippen LogP contribution is -2.55. The van der Waals surface area contributed by atoms with Crippen molar-refractivity contribution in [3.8, 4) is 0 Å². The molecule has 0 amide bonds. The number of fused-ring (bicyclic) bond motifs is 1. The molecular formula is C14H21NO. The molecule has 0 radical (unpaired) electrons. The van der Waals surface area contributed by atoms with Crippen LogP contribution in [-0.4, -0.2) is 16.9 Å². The first kappa shape index (κ1) is 11.5. The van der Waals surface area contributed by atoms with Crippen LogP contribution in [0.15, 0.2) is 24.3 Å². The number of para-hydroxylation sites is 1. The Morgan fingerprint density at radius 3 is 2.25 bits per heavy atom. The summed E-state index contributed by atoms with van der Waals surface area (Å²) in [5.74, 6) is 0. The van der Waals surface area contributed by atoms with Crippen LogP contribution in [0.2, 0.25) is 0 Å². The second-order valence-electron chi connectivity index (χ2n) is 5.63. The fourth-order valence-corrected chi connectivity index (χ4v) is 2.78. The number of hydrogen-bond donors (Lipinski definition) is 1. The highest BCUT2D eigenvalue weighted by Crippen LogP contribution is 2.50. The molecular weight excluding hydrogens is 198 g/mol. The van der Waals surface area contributed by atoms with E-state index in [4.69, 9.17) is 0 Å². The van der Waals surface area contributed by atoms with Gasteiger partial charge >= 0.3 is 0 Å². The van der Waals surface area contributed by atoms with Crippen molar-refractivity contribution in [1.82, 2.24) is 0 Å². The Hall–Kier alpha value is -1.02. The molecule has 1 aliphatic rings. The lowest BCUT2D eigenvalue weighted by Gasteiger charge is -2.42. The van der Waals surface area contributed by atoms with E-state index in [1.54, 1.807) is 0 Å². The van der Waals surface area contributed by atoms with E-state index in [0.717, 1.165) is 5.69 Å². The number of rotatable bonds is 1. The van der Waals surface area contributed by atoms with Gasteiger partial charge in [0.1, 0.15) is 5.72 Å². The van der Waals surface area contributed by atoms with Crippen molar-refractivity contribution in [1.29, 1.82) is 0 Å². The maximum atomic E-state index is 10.8. The van der Waals surface area contributed by atoms with Crippen LogP contribution >= 0.6 is 0 Å². The summed E-state index contributed by atoms with van der Waals surface area (Å²) in [7, 11) is 0. The number of hydrogen-bond acceptors (Lipinski definition) is 2. The number of aliphatic hydroxyl groups is 1. The standard InChI is InChI=1S/C14H21NO/c1-10(2)15-12-9-7-6-8-11(12)13(3,4)14(15,5)16/h6-10,16H,1-5H3. The van der Waals surface area contributed by atoms with Crippen LogP contribution < -0.4 is 4.90 Å². The van der Waals surface area contributed by atoms with Gasteiger partial charge < -0.3 is 10.0 Å². The molecule has 0 aromatic heterocycles. The molecule has 0 fully saturated rings. The van der Waals surface area contributed by atoms with Gasteiger partial charge in [0, 0.05) is 17.1 Å². The molecule has 0 aliphatic carbocycles. The fourth-order valence-electron chi connectivity index (χ4n) is 2.78. The third-order valence-corrected chi connectivity index (χ3v) is 4.01. The van der Waals surface area contributed by atoms with Gasteiger partial charge in [-0.05, 0) is 32.4 Å². The van der Waals surface area contributed by atoms with E-state index >= 15 is 0 Å². The lowest BCUT2D eigenvalue weighted by atomic mass is 9.78. The monoisotopic (exact) mass is 219 g/mol. The second-order valence-corrected chi connectivity index (χ2v) is 5.63. The number of anilines is 1. The zero-order valence-corrected chi connectivity index (χ0v) is 10.8. The molecule has 2 rings (SSSR count). The summed E-state index contributed by atoms with van der Waals surface area (Å²) in [4.78, 5) is 2.11. The van der Waals surface area contributed by atoms with Gasteiger partial charge in [0.2, 0.25) is 0 Å². The molecule has 1 unspecified atom stereocenters. The van der Waals surface area contributed by atoms with Gasteiger partial charge in [0.05, 0.1) is 0 Å². The van der Waals surface area contributed by atoms with E-state index in [1.165, 1.54) is 5.56 Å². The molecule has 1 heterocycles. The molecule has 1 aliphatic heterocycles. The van der Waals surface area contributed by atoms with Crippen LogP contribution in [0.3, 0.4) is 0 Å². The SMILES string of the molecule is CC(C)N1c2ccccc2C(C)(C)C1(C)O. The highest BCUT2D eigenvalue weighted by Gasteiger charge is 2.53. The third-order valence-electron chi connectivity index (χ3n) is 4.01. The Bertz CT molecular complexity index is 407. The van der Waals surface area contributed by atoms with Gasteiger partial charge in [-0.3, -0.25) is 0 Å². The molecule has 16 heavy (non-hydrogen) atoms. The van der Waals surface area contributed by atoms with E-state index in [-0.39, 0.29) is 11.5 Å². The first-order chi connectivity index (χ1) is 7.30. The maximum Gasteiger partial charge on any atom is 0.144 e. The summed E-state index contributed by atoms with van der Waals surface area (Å²) in [6.45, 7) is 10.4. The Kier molecular flexibility index (Phi) is 2.32. The van der Waals surface area contributed by atoms with E-state index < -0.39 is 5.72 Å². The van der Waals surface area contributed by atoms with Crippen molar-refractivity contribution in [3.05, 3.63) is 29.8 Å². The fraction of sp³-hybridized carbons (Fsp3) is 0.571. The van der Waals surface area contributed by atoms with Crippen molar-refractivity contribution in [2.24, 2.45) is 0 Å². The Morgan fingerprint density at radius 2 is 1.69 bits per heavy atom. The van der Waals surface area contributed by atoms with E-state index in [0.29, 0.717) is 0 Å². The van der Waals surface area contributed by atoms with Gasteiger partial charge in [-0.15, -0.1) is 0 Å². The topological polar surface area (TPSA) is 23.5 Å². The minimum absolute atomic E-state index is 0.242. The summed E-state index contributed by atoms with van der Waals surface area (Å²) in [5.41, 5.74) is 1.32. The molecule has 1 N–H and O–H groups in total. The van der Waals surface area contributed by atoms with Crippen LogP contribution in [0, 0.1) is 0 Å². The average molecular weight is 219 g/mol. The first-order valence-electron chi connectivity index (χ1n) is 5.91. The van der Waals surface area contributed by atoms with Gasteiger partial charge in [0.25, 0.3) is 0 Å². The van der Waals surface area contributed by atoms with E-state index in [1.807, 2.05) is 19.1 Å². The van der Waals surface area contributed by atoms with Crippen molar-refractivity contribution in [3.63, 3.8) is 0 Å². The van der Waals surface area contributed by atoms with Crippen LogP contribution in [0.25, 0.3) is 0 Å². The molecule has 1 aromatic rings. The van der Waals surface area contributed by atoms with E-state index in [9.17, 15) is 5.11 Å². The van der Waals surface area contributed by atoms with E-state index in [2.05, 4.69) is 44.7 Å². The molecule has 0 saturated heterocycles. The Morgan fingerprint density at radius 1 is 1.12 bits per heavy atom. The molecule has 88 valence electrons. The zero-order valence-electron chi connectivity index (χ0n) is 10.8. The quantitative estimate of drug-likeness (QED) is 0.785. The normalized spacial score (nSPS) is 27.3. The highest BCUT2D eigenvalue weighted by atomic mass is 16.3. The largest absolute Gasteiger partial charge is 0.370 e. The van der Waals surface area contributed by atoms with Crippen LogP contribution in [0.5, 0.6) is 0 Å². The van der Waals surface area contributed by atoms with Crippen molar-refractivity contribution in [2.75, 3.05) is 4.90 Å². The third kappa shape index (κ3) is 1.23. The zero-order chi connectivity index (χ0) is 12.1. The Labute approximate surface area is 97.9 Å². The first-order valence-corrected chi connectivity index (χ1v) is 5.91. The summed E-state index contributed by atoms with van der Waals surface area (Å²) in [6, 6.07) is 8.58. The van der Waals surface area contributed by atoms with Gasteiger partial charge in [-0.1, -0.05) is 32.0 Å². The molecule has 1 atom stereocenters. The van der Waals surface area contributed by atoms with Crippen molar-refractivity contribution >= 4 is 5.69 Å². The second kappa shape index (κ2) is 3.24. The van der Waals surface area contributed by atoms with Gasteiger partial charge in [-0.25, -0.2) is 0 Å². The predicted molar refractivity (Wildman–Crippen MR) is 67.7 cm³/mol. The van der Waals surface area contributed by atoms with Gasteiger partial charge in [0.15, 0.2) is 0 Å². The lowest BCUT2D eigenvalue weighted by molar-refractivity contribution is -0.00384. The molecule has 0 spiro atoms. The molecule has 2 nitrogen and oxygen atoms in total. The summed E-state index contributed by atoms with van der Waals surface area (Å²) >= 11 is 0.